The van der Waals surface area contributed by atoms with Crippen molar-refractivity contribution in [2.45, 2.75) is 43.8 Å². The monoisotopic (exact) mass is 261 g/mol. The van der Waals surface area contributed by atoms with Crippen molar-refractivity contribution >= 4 is 5.91 Å². The summed E-state index contributed by atoms with van der Waals surface area (Å²) in [6, 6.07) is 2.87. The van der Waals surface area contributed by atoms with Crippen LogP contribution in [0.3, 0.4) is 0 Å². The smallest absolute Gasteiger partial charge is 0.255 e. The number of fused-ring (bicyclic) bond motifs is 2. The van der Waals surface area contributed by atoms with Crippen LogP contribution in [0, 0.1) is 0 Å². The van der Waals surface area contributed by atoms with Crippen molar-refractivity contribution in [3.05, 3.63) is 24.0 Å². The zero-order chi connectivity index (χ0) is 13.4. The maximum atomic E-state index is 12.4. The van der Waals surface area contributed by atoms with Crippen LogP contribution in [0.4, 0.5) is 0 Å². The predicted molar refractivity (Wildman–Crippen MR) is 71.0 cm³/mol. The number of carbonyl (C=O) groups excluding carboxylic acids is 1. The van der Waals surface area contributed by atoms with Crippen molar-refractivity contribution in [1.29, 1.82) is 0 Å². The van der Waals surface area contributed by atoms with Gasteiger partial charge in [-0.15, -0.1) is 0 Å². The number of rotatable bonds is 2. The Bertz CT molecular complexity index is 479. The average Bonchev–Trinajstić information content (AvgIpc) is 2.76. The molecule has 102 valence electrons. The fourth-order valence-electron chi connectivity index (χ4n) is 3.26. The van der Waals surface area contributed by atoms with Crippen LogP contribution >= 0.6 is 0 Å². The zero-order valence-electron chi connectivity index (χ0n) is 11.0. The van der Waals surface area contributed by atoms with Crippen LogP contribution in [0.2, 0.25) is 0 Å². The largest absolute Gasteiger partial charge is 0.506 e. The van der Waals surface area contributed by atoms with Gasteiger partial charge in [0.1, 0.15) is 5.75 Å². The number of nitrogens with zero attached hydrogens (tertiary/aromatic N) is 2. The van der Waals surface area contributed by atoms with Gasteiger partial charge in [0.15, 0.2) is 0 Å². The Morgan fingerprint density at radius 1 is 1.37 bits per heavy atom. The number of pyridine rings is 1. The molecule has 1 amide bonds. The van der Waals surface area contributed by atoms with Crippen LogP contribution in [0.1, 0.15) is 36.0 Å². The van der Waals surface area contributed by atoms with Gasteiger partial charge in [-0.3, -0.25) is 9.78 Å². The number of aromatic nitrogens is 1. The number of hydrogen-bond acceptors (Lipinski definition) is 4. The quantitative estimate of drug-likeness (QED) is 0.838. The lowest BCUT2D eigenvalue weighted by Crippen LogP contribution is -2.48. The summed E-state index contributed by atoms with van der Waals surface area (Å²) in [7, 11) is 1.85. The Balaban J connectivity index is 1.73. The lowest BCUT2D eigenvalue weighted by Gasteiger charge is -2.35. The molecule has 0 aliphatic carbocycles. The van der Waals surface area contributed by atoms with E-state index in [-0.39, 0.29) is 17.7 Å². The highest BCUT2D eigenvalue weighted by atomic mass is 16.3. The second-order valence-corrected chi connectivity index (χ2v) is 5.61. The summed E-state index contributed by atoms with van der Waals surface area (Å²) >= 11 is 0. The molecule has 2 bridgehead atoms. The molecule has 1 aromatic rings. The summed E-state index contributed by atoms with van der Waals surface area (Å²) in [5, 5.41) is 13.0. The Kier molecular flexibility index (Phi) is 3.14. The second-order valence-electron chi connectivity index (χ2n) is 5.61. The minimum Gasteiger partial charge on any atom is -0.506 e. The van der Waals surface area contributed by atoms with E-state index >= 15 is 0 Å². The van der Waals surface area contributed by atoms with Crippen LogP contribution in [0.25, 0.3) is 0 Å². The molecule has 3 heterocycles. The van der Waals surface area contributed by atoms with E-state index in [1.54, 1.807) is 0 Å². The second kappa shape index (κ2) is 4.81. The van der Waals surface area contributed by atoms with Crippen molar-refractivity contribution in [2.75, 3.05) is 7.05 Å². The molecule has 5 nitrogen and oxygen atoms in total. The van der Waals surface area contributed by atoms with Gasteiger partial charge in [0.25, 0.3) is 5.91 Å². The molecular weight excluding hydrogens is 242 g/mol. The maximum Gasteiger partial charge on any atom is 0.255 e. The number of carbonyl (C=O) groups is 1. The van der Waals surface area contributed by atoms with Crippen molar-refractivity contribution < 1.29 is 9.90 Å². The van der Waals surface area contributed by atoms with E-state index in [9.17, 15) is 9.90 Å². The van der Waals surface area contributed by atoms with Crippen LogP contribution in [0.15, 0.2) is 18.5 Å². The van der Waals surface area contributed by atoms with Crippen LogP contribution in [0.5, 0.6) is 5.75 Å². The first-order valence-corrected chi connectivity index (χ1v) is 6.80. The van der Waals surface area contributed by atoms with Gasteiger partial charge in [-0.25, -0.2) is 0 Å². The van der Waals surface area contributed by atoms with E-state index in [1.807, 2.05) is 11.9 Å². The molecule has 5 heteroatoms. The van der Waals surface area contributed by atoms with Crippen molar-refractivity contribution in [3.63, 3.8) is 0 Å². The molecule has 2 N–H and O–H groups in total. The van der Waals surface area contributed by atoms with Crippen LogP contribution < -0.4 is 5.32 Å². The van der Waals surface area contributed by atoms with Crippen molar-refractivity contribution in [3.8, 4) is 5.75 Å². The summed E-state index contributed by atoms with van der Waals surface area (Å²) in [6.07, 6.45) is 7.32. The Hall–Kier alpha value is -1.62. The molecule has 0 spiro atoms. The van der Waals surface area contributed by atoms with E-state index in [2.05, 4.69) is 10.3 Å². The number of aromatic hydroxyl groups is 1. The van der Waals surface area contributed by atoms with E-state index < -0.39 is 0 Å². The molecule has 2 aliphatic heterocycles. The fourth-order valence-corrected chi connectivity index (χ4v) is 3.26. The molecule has 0 radical (unpaired) electrons. The topological polar surface area (TPSA) is 65.5 Å². The molecule has 3 rings (SSSR count). The molecule has 0 saturated carbocycles. The number of amides is 1. The van der Waals surface area contributed by atoms with Crippen molar-refractivity contribution in [2.24, 2.45) is 0 Å². The summed E-state index contributed by atoms with van der Waals surface area (Å²) in [5.74, 6) is -0.0284. The summed E-state index contributed by atoms with van der Waals surface area (Å²) < 4.78 is 0. The first-order chi connectivity index (χ1) is 9.13. The van der Waals surface area contributed by atoms with Gasteiger partial charge in [0, 0.05) is 31.4 Å². The third kappa shape index (κ3) is 2.42. The molecule has 2 atom stereocenters. The zero-order valence-corrected chi connectivity index (χ0v) is 11.0. The number of hydrogen-bond donors (Lipinski definition) is 2. The van der Waals surface area contributed by atoms with E-state index in [1.165, 1.54) is 31.3 Å². The van der Waals surface area contributed by atoms with Crippen LogP contribution in [-0.4, -0.2) is 46.1 Å². The molecule has 2 aliphatic rings. The van der Waals surface area contributed by atoms with Crippen molar-refractivity contribution in [1.82, 2.24) is 15.2 Å². The SMILES string of the molecule is CN(C(=O)c1cncc(O)c1)C1CC2CCC(C1)N2. The first kappa shape index (κ1) is 12.4. The average molecular weight is 261 g/mol. The molecular formula is C14H19N3O2. The molecule has 1 aromatic heterocycles. The van der Waals surface area contributed by atoms with E-state index in [4.69, 9.17) is 0 Å². The van der Waals surface area contributed by atoms with E-state index in [0.29, 0.717) is 17.6 Å². The molecule has 2 fully saturated rings. The first-order valence-electron chi connectivity index (χ1n) is 6.80. The highest BCUT2D eigenvalue weighted by Crippen LogP contribution is 2.29. The minimum atomic E-state index is -0.0605. The number of nitrogens with one attached hydrogen (secondary N) is 1. The Labute approximate surface area is 112 Å². The molecule has 19 heavy (non-hydrogen) atoms. The van der Waals surface area contributed by atoms with Gasteiger partial charge in [-0.1, -0.05) is 0 Å². The van der Waals surface area contributed by atoms with Gasteiger partial charge in [-0.05, 0) is 31.7 Å². The standard InChI is InChI=1S/C14H19N3O2/c1-17(12-5-10-2-3-11(6-12)16-10)14(19)9-4-13(18)8-15-7-9/h4,7-8,10-12,16,18H,2-3,5-6H2,1H3. The molecule has 2 saturated heterocycles. The Morgan fingerprint density at radius 3 is 2.68 bits per heavy atom. The Morgan fingerprint density at radius 2 is 2.05 bits per heavy atom. The summed E-state index contributed by atoms with van der Waals surface area (Å²) in [4.78, 5) is 18.1. The fraction of sp³-hybridized carbons (Fsp3) is 0.571. The van der Waals surface area contributed by atoms with Gasteiger partial charge in [-0.2, -0.15) is 0 Å². The molecule has 0 aromatic carbocycles. The third-order valence-electron chi connectivity index (χ3n) is 4.29. The highest BCUT2D eigenvalue weighted by Gasteiger charge is 2.36. The van der Waals surface area contributed by atoms with E-state index in [0.717, 1.165) is 12.8 Å². The summed E-state index contributed by atoms with van der Waals surface area (Å²) in [5.41, 5.74) is 0.452. The third-order valence-corrected chi connectivity index (χ3v) is 4.29. The predicted octanol–water partition coefficient (Wildman–Crippen LogP) is 1.14. The minimum absolute atomic E-state index is 0.0321. The van der Waals surface area contributed by atoms with Gasteiger partial charge in [0.05, 0.1) is 11.8 Å². The van der Waals surface area contributed by atoms with Crippen LogP contribution in [-0.2, 0) is 0 Å². The maximum absolute atomic E-state index is 12.4. The lowest BCUT2D eigenvalue weighted by molar-refractivity contribution is 0.0681. The van der Waals surface area contributed by atoms with Gasteiger partial charge < -0.3 is 15.3 Å². The number of piperidine rings is 1. The lowest BCUT2D eigenvalue weighted by atomic mass is 9.98. The normalized spacial score (nSPS) is 29.2. The highest BCUT2D eigenvalue weighted by molar-refractivity contribution is 5.94. The van der Waals surface area contributed by atoms with Gasteiger partial charge in [0.2, 0.25) is 0 Å². The molecule has 2 unspecified atom stereocenters. The van der Waals surface area contributed by atoms with Gasteiger partial charge >= 0.3 is 0 Å². The summed E-state index contributed by atoms with van der Waals surface area (Å²) in [6.45, 7) is 0.